The van der Waals surface area contributed by atoms with Crippen LogP contribution < -0.4 is 11.1 Å². The summed E-state index contributed by atoms with van der Waals surface area (Å²) in [6.45, 7) is 0. The van der Waals surface area contributed by atoms with Gasteiger partial charge in [0, 0.05) is 14.9 Å². The normalized spacial score (nSPS) is 10.3. The Labute approximate surface area is 111 Å². The van der Waals surface area contributed by atoms with Gasteiger partial charge in [-0.1, -0.05) is 6.07 Å². The van der Waals surface area contributed by atoms with E-state index in [0.717, 1.165) is 15.7 Å². The Bertz CT molecular complexity index is 535. The maximum absolute atomic E-state index is 13.5. The van der Waals surface area contributed by atoms with E-state index in [1.54, 1.807) is 18.2 Å². The number of nitrogens with one attached hydrogen (secondary N) is 1. The molecule has 2 aromatic rings. The van der Waals surface area contributed by atoms with Crippen molar-refractivity contribution in [3.8, 4) is 0 Å². The molecule has 0 saturated carbocycles. The minimum absolute atomic E-state index is 0.0631. The molecule has 2 rings (SSSR count). The fourth-order valence-corrected chi connectivity index (χ4v) is 1.97. The van der Waals surface area contributed by atoms with Crippen molar-refractivity contribution in [3.63, 3.8) is 0 Å². The van der Waals surface area contributed by atoms with E-state index in [0.29, 0.717) is 5.69 Å². The zero-order chi connectivity index (χ0) is 12.4. The number of hydrogen-bond acceptors (Lipinski definition) is 2. The summed E-state index contributed by atoms with van der Waals surface area (Å²) in [5.41, 5.74) is 5.83. The van der Waals surface area contributed by atoms with Crippen LogP contribution in [-0.2, 0) is 0 Å². The highest BCUT2D eigenvalue weighted by Gasteiger charge is 2.10. The van der Waals surface area contributed by atoms with E-state index in [1.807, 2.05) is 6.07 Å². The number of halogens is 3. The van der Waals surface area contributed by atoms with Crippen molar-refractivity contribution in [2.75, 3.05) is 11.1 Å². The van der Waals surface area contributed by atoms with Crippen molar-refractivity contribution in [2.45, 2.75) is 0 Å². The monoisotopic (exact) mass is 346 g/mol. The first-order chi connectivity index (χ1) is 8.06. The Morgan fingerprint density at radius 1 is 1.06 bits per heavy atom. The maximum atomic E-state index is 13.5. The minimum atomic E-state index is -0.707. The molecule has 5 heteroatoms. The topological polar surface area (TPSA) is 38.0 Å². The largest absolute Gasteiger partial charge is 0.399 e. The lowest BCUT2D eigenvalue weighted by Gasteiger charge is -2.09. The van der Waals surface area contributed by atoms with E-state index in [-0.39, 0.29) is 11.4 Å². The van der Waals surface area contributed by atoms with Gasteiger partial charge < -0.3 is 11.1 Å². The van der Waals surface area contributed by atoms with Gasteiger partial charge in [0.25, 0.3) is 0 Å². The summed E-state index contributed by atoms with van der Waals surface area (Å²) in [5, 5.41) is 2.70. The van der Waals surface area contributed by atoms with Gasteiger partial charge in [-0.2, -0.15) is 0 Å². The zero-order valence-electron chi connectivity index (χ0n) is 8.68. The van der Waals surface area contributed by atoms with Crippen LogP contribution in [0.25, 0.3) is 0 Å². The SMILES string of the molecule is Nc1cc(F)c(Nc2cccc(I)c2)c(F)c1. The fourth-order valence-electron chi connectivity index (χ4n) is 1.42. The molecule has 2 aromatic carbocycles. The number of nitrogens with two attached hydrogens (primary N) is 1. The van der Waals surface area contributed by atoms with Crippen molar-refractivity contribution in [3.05, 3.63) is 51.6 Å². The van der Waals surface area contributed by atoms with Gasteiger partial charge in [-0.15, -0.1) is 0 Å². The number of anilines is 3. The first-order valence-corrected chi connectivity index (χ1v) is 5.91. The molecule has 0 amide bonds. The van der Waals surface area contributed by atoms with Gasteiger partial charge in [0.05, 0.1) is 0 Å². The molecule has 0 saturated heterocycles. The average Bonchev–Trinajstić information content (AvgIpc) is 2.23. The molecule has 17 heavy (non-hydrogen) atoms. The summed E-state index contributed by atoms with van der Waals surface area (Å²) in [6.07, 6.45) is 0. The van der Waals surface area contributed by atoms with E-state index in [9.17, 15) is 8.78 Å². The standard InChI is InChI=1S/C12H9F2IN2/c13-10-5-8(16)6-11(14)12(10)17-9-3-1-2-7(15)4-9/h1-6,17H,16H2. The molecule has 0 heterocycles. The predicted molar refractivity (Wildman–Crippen MR) is 73.2 cm³/mol. The highest BCUT2D eigenvalue weighted by Crippen LogP contribution is 2.26. The highest BCUT2D eigenvalue weighted by molar-refractivity contribution is 14.1. The number of hydrogen-bond donors (Lipinski definition) is 2. The molecular formula is C12H9F2IN2. The Kier molecular flexibility index (Phi) is 3.46. The van der Waals surface area contributed by atoms with Gasteiger partial charge in [0.1, 0.15) is 5.69 Å². The van der Waals surface area contributed by atoms with Crippen LogP contribution >= 0.6 is 22.6 Å². The molecular weight excluding hydrogens is 337 g/mol. The molecule has 0 radical (unpaired) electrons. The molecule has 0 unspecified atom stereocenters. The van der Waals surface area contributed by atoms with Gasteiger partial charge in [0.2, 0.25) is 0 Å². The summed E-state index contributed by atoms with van der Waals surface area (Å²) >= 11 is 2.12. The van der Waals surface area contributed by atoms with Crippen LogP contribution in [0.15, 0.2) is 36.4 Å². The third-order valence-electron chi connectivity index (χ3n) is 2.16. The van der Waals surface area contributed by atoms with Crippen molar-refractivity contribution in [2.24, 2.45) is 0 Å². The summed E-state index contributed by atoms with van der Waals surface area (Å²) < 4.78 is 28.0. The van der Waals surface area contributed by atoms with Crippen LogP contribution in [-0.4, -0.2) is 0 Å². The summed E-state index contributed by atoms with van der Waals surface area (Å²) in [7, 11) is 0. The Balaban J connectivity index is 2.36. The van der Waals surface area contributed by atoms with Crippen LogP contribution in [0.4, 0.5) is 25.8 Å². The van der Waals surface area contributed by atoms with Gasteiger partial charge in [-0.05, 0) is 52.9 Å². The summed E-state index contributed by atoms with van der Waals surface area (Å²) in [6, 6.07) is 9.38. The molecule has 88 valence electrons. The Morgan fingerprint density at radius 2 is 1.71 bits per heavy atom. The first-order valence-electron chi connectivity index (χ1n) is 4.83. The van der Waals surface area contributed by atoms with Gasteiger partial charge in [0.15, 0.2) is 11.6 Å². The van der Waals surface area contributed by atoms with E-state index in [4.69, 9.17) is 5.73 Å². The molecule has 3 N–H and O–H groups in total. The molecule has 0 aliphatic carbocycles. The molecule has 0 spiro atoms. The van der Waals surface area contributed by atoms with Crippen LogP contribution in [0, 0.1) is 15.2 Å². The van der Waals surface area contributed by atoms with Crippen molar-refractivity contribution in [1.29, 1.82) is 0 Å². The van der Waals surface area contributed by atoms with E-state index in [2.05, 4.69) is 27.9 Å². The maximum Gasteiger partial charge on any atom is 0.151 e. The second kappa shape index (κ2) is 4.87. The molecule has 0 bridgehead atoms. The molecule has 0 aliphatic rings. The van der Waals surface area contributed by atoms with Crippen LogP contribution in [0.5, 0.6) is 0 Å². The smallest absolute Gasteiger partial charge is 0.151 e. The molecule has 2 nitrogen and oxygen atoms in total. The fraction of sp³-hybridized carbons (Fsp3) is 0. The lowest BCUT2D eigenvalue weighted by Crippen LogP contribution is -1.99. The van der Waals surface area contributed by atoms with Crippen molar-refractivity contribution < 1.29 is 8.78 Å². The van der Waals surface area contributed by atoms with Crippen LogP contribution in [0.1, 0.15) is 0 Å². The van der Waals surface area contributed by atoms with E-state index < -0.39 is 11.6 Å². The number of benzene rings is 2. The van der Waals surface area contributed by atoms with Gasteiger partial charge in [-0.25, -0.2) is 8.78 Å². The third-order valence-corrected chi connectivity index (χ3v) is 2.83. The molecule has 0 aromatic heterocycles. The second-order valence-electron chi connectivity index (χ2n) is 3.49. The number of rotatable bonds is 2. The van der Waals surface area contributed by atoms with Crippen molar-refractivity contribution >= 4 is 39.7 Å². The Morgan fingerprint density at radius 3 is 2.29 bits per heavy atom. The zero-order valence-corrected chi connectivity index (χ0v) is 10.8. The number of nitrogen functional groups attached to an aromatic ring is 1. The lowest BCUT2D eigenvalue weighted by atomic mass is 10.2. The molecule has 0 aliphatic heterocycles. The van der Waals surface area contributed by atoms with Crippen LogP contribution in [0.3, 0.4) is 0 Å². The predicted octanol–water partition coefficient (Wildman–Crippen LogP) is 3.90. The van der Waals surface area contributed by atoms with E-state index in [1.165, 1.54) is 0 Å². The quantitative estimate of drug-likeness (QED) is 0.640. The minimum Gasteiger partial charge on any atom is -0.399 e. The summed E-state index contributed by atoms with van der Waals surface area (Å²) in [5.74, 6) is -1.41. The molecule has 0 atom stereocenters. The lowest BCUT2D eigenvalue weighted by molar-refractivity contribution is 0.592. The highest BCUT2D eigenvalue weighted by atomic mass is 127. The molecule has 0 fully saturated rings. The third kappa shape index (κ3) is 2.85. The Hall–Kier alpha value is -1.37. The first kappa shape index (κ1) is 12.1. The van der Waals surface area contributed by atoms with Gasteiger partial charge in [-0.3, -0.25) is 0 Å². The summed E-state index contributed by atoms with van der Waals surface area (Å²) in [4.78, 5) is 0. The van der Waals surface area contributed by atoms with E-state index >= 15 is 0 Å². The second-order valence-corrected chi connectivity index (χ2v) is 4.74. The average molecular weight is 346 g/mol. The van der Waals surface area contributed by atoms with Crippen molar-refractivity contribution in [1.82, 2.24) is 0 Å². The van der Waals surface area contributed by atoms with Gasteiger partial charge >= 0.3 is 0 Å². The van der Waals surface area contributed by atoms with Crippen LogP contribution in [0.2, 0.25) is 0 Å².